The van der Waals surface area contributed by atoms with E-state index in [1.807, 2.05) is 59.2 Å². The fourth-order valence-corrected chi connectivity index (χ4v) is 3.43. The van der Waals surface area contributed by atoms with Crippen LogP contribution in [0.15, 0.2) is 54.6 Å². The van der Waals surface area contributed by atoms with Gasteiger partial charge in [0.2, 0.25) is 11.9 Å². The average Bonchev–Trinajstić information content (AvgIpc) is 3.28. The van der Waals surface area contributed by atoms with Gasteiger partial charge in [-0.05, 0) is 56.1 Å². The highest BCUT2D eigenvalue weighted by atomic mass is 35.5. The first kappa shape index (κ1) is 18.4. The molecule has 136 valence electrons. The van der Waals surface area contributed by atoms with E-state index in [9.17, 15) is 4.79 Å². The number of carbonyl (C=O) groups excluding carboxylic acids is 1. The third-order valence-electron chi connectivity index (χ3n) is 4.77. The van der Waals surface area contributed by atoms with Gasteiger partial charge in [-0.2, -0.15) is 0 Å². The lowest BCUT2D eigenvalue weighted by atomic mass is 10.0. The lowest BCUT2D eigenvalue weighted by Crippen LogP contribution is -2.17. The summed E-state index contributed by atoms with van der Waals surface area (Å²) in [6, 6.07) is 17.9. The lowest BCUT2D eigenvalue weighted by Gasteiger charge is -2.11. The third-order valence-corrected chi connectivity index (χ3v) is 4.77. The van der Waals surface area contributed by atoms with Crippen molar-refractivity contribution in [2.45, 2.75) is 19.3 Å². The molecule has 1 saturated heterocycles. The standard InChI is InChI=1S/C20H22N4O.ClH/c25-19(11-10-15-12-13-21-14-15)23-20-22-17-8-4-5-9-18(17)24(20)16-6-2-1-3-7-16;/h1-9,15,21H,10-14H2,(H,22,23,25);1H. The molecule has 0 saturated carbocycles. The van der Waals surface area contributed by atoms with Crippen molar-refractivity contribution >= 4 is 35.3 Å². The fourth-order valence-electron chi connectivity index (χ4n) is 3.43. The lowest BCUT2D eigenvalue weighted by molar-refractivity contribution is -0.116. The maximum absolute atomic E-state index is 12.4. The Balaban J connectivity index is 0.00000196. The molecule has 26 heavy (non-hydrogen) atoms. The second-order valence-corrected chi connectivity index (χ2v) is 6.54. The van der Waals surface area contributed by atoms with E-state index in [-0.39, 0.29) is 18.3 Å². The van der Waals surface area contributed by atoms with Crippen molar-refractivity contribution in [3.63, 3.8) is 0 Å². The van der Waals surface area contributed by atoms with Crippen LogP contribution >= 0.6 is 12.4 Å². The van der Waals surface area contributed by atoms with E-state index in [0.29, 0.717) is 18.3 Å². The van der Waals surface area contributed by atoms with Gasteiger partial charge in [0.1, 0.15) is 0 Å². The number of amides is 1. The highest BCUT2D eigenvalue weighted by molar-refractivity contribution is 5.92. The smallest absolute Gasteiger partial charge is 0.226 e. The maximum Gasteiger partial charge on any atom is 0.226 e. The van der Waals surface area contributed by atoms with Crippen LogP contribution in [-0.4, -0.2) is 28.5 Å². The number of nitrogens with zero attached hydrogens (tertiary/aromatic N) is 2. The number of rotatable bonds is 5. The van der Waals surface area contributed by atoms with E-state index in [2.05, 4.69) is 15.6 Å². The Morgan fingerprint density at radius 1 is 1.15 bits per heavy atom. The van der Waals surface area contributed by atoms with E-state index in [1.54, 1.807) is 0 Å². The number of carbonyl (C=O) groups is 1. The van der Waals surface area contributed by atoms with Crippen molar-refractivity contribution in [2.24, 2.45) is 5.92 Å². The average molecular weight is 371 g/mol. The summed E-state index contributed by atoms with van der Waals surface area (Å²) >= 11 is 0. The van der Waals surface area contributed by atoms with Gasteiger partial charge < -0.3 is 5.32 Å². The second-order valence-electron chi connectivity index (χ2n) is 6.54. The number of fused-ring (bicyclic) bond motifs is 1. The zero-order valence-corrected chi connectivity index (χ0v) is 15.3. The van der Waals surface area contributed by atoms with Crippen LogP contribution in [-0.2, 0) is 4.79 Å². The number of halogens is 1. The fraction of sp³-hybridized carbons (Fsp3) is 0.300. The van der Waals surface area contributed by atoms with Gasteiger partial charge in [0.05, 0.1) is 11.0 Å². The van der Waals surface area contributed by atoms with Gasteiger partial charge >= 0.3 is 0 Å². The number of nitrogens with one attached hydrogen (secondary N) is 2. The molecule has 3 aromatic rings. The van der Waals surface area contributed by atoms with Crippen LogP contribution in [0.2, 0.25) is 0 Å². The molecule has 5 nitrogen and oxygen atoms in total. The summed E-state index contributed by atoms with van der Waals surface area (Å²) < 4.78 is 2.00. The third kappa shape index (κ3) is 3.89. The minimum Gasteiger partial charge on any atom is -0.316 e. The van der Waals surface area contributed by atoms with Crippen molar-refractivity contribution in [3.05, 3.63) is 54.6 Å². The van der Waals surface area contributed by atoms with Crippen molar-refractivity contribution in [2.75, 3.05) is 18.4 Å². The molecular formula is C20H23ClN4O. The molecule has 1 unspecified atom stereocenters. The van der Waals surface area contributed by atoms with Crippen LogP contribution in [0.25, 0.3) is 16.7 Å². The summed E-state index contributed by atoms with van der Waals surface area (Å²) in [6.45, 7) is 2.09. The van der Waals surface area contributed by atoms with Crippen molar-refractivity contribution in [1.82, 2.24) is 14.9 Å². The van der Waals surface area contributed by atoms with E-state index in [0.717, 1.165) is 42.7 Å². The minimum atomic E-state index is 0. The first-order valence-electron chi connectivity index (χ1n) is 8.85. The molecule has 1 atom stereocenters. The highest BCUT2D eigenvalue weighted by Gasteiger charge is 2.18. The van der Waals surface area contributed by atoms with Crippen LogP contribution in [0, 0.1) is 5.92 Å². The van der Waals surface area contributed by atoms with Crippen molar-refractivity contribution in [3.8, 4) is 5.69 Å². The SMILES string of the molecule is Cl.O=C(CCC1CCNC1)Nc1nc2ccccc2n1-c1ccccc1. The Morgan fingerprint density at radius 2 is 1.92 bits per heavy atom. The molecule has 1 aliphatic rings. The zero-order valence-electron chi connectivity index (χ0n) is 14.5. The molecule has 2 aromatic carbocycles. The number of aromatic nitrogens is 2. The molecule has 0 radical (unpaired) electrons. The Bertz CT molecular complexity index is 872. The molecule has 1 fully saturated rings. The maximum atomic E-state index is 12.4. The van der Waals surface area contributed by atoms with Crippen LogP contribution in [0.5, 0.6) is 0 Å². The van der Waals surface area contributed by atoms with Gasteiger partial charge in [0.25, 0.3) is 0 Å². The second kappa shape index (κ2) is 8.34. The van der Waals surface area contributed by atoms with E-state index >= 15 is 0 Å². The van der Waals surface area contributed by atoms with Gasteiger partial charge in [-0.1, -0.05) is 30.3 Å². The Hall–Kier alpha value is -2.37. The highest BCUT2D eigenvalue weighted by Crippen LogP contribution is 2.25. The van der Waals surface area contributed by atoms with Gasteiger partial charge in [-0.25, -0.2) is 4.98 Å². The molecule has 0 spiro atoms. The molecule has 1 amide bonds. The molecule has 2 N–H and O–H groups in total. The van der Waals surface area contributed by atoms with E-state index in [4.69, 9.17) is 0 Å². The number of hydrogen-bond acceptors (Lipinski definition) is 3. The molecule has 2 heterocycles. The molecule has 1 aromatic heterocycles. The number of benzene rings is 2. The molecular weight excluding hydrogens is 348 g/mol. The van der Waals surface area contributed by atoms with Gasteiger partial charge in [0.15, 0.2) is 0 Å². The van der Waals surface area contributed by atoms with E-state index < -0.39 is 0 Å². The monoisotopic (exact) mass is 370 g/mol. The summed E-state index contributed by atoms with van der Waals surface area (Å²) in [6.07, 6.45) is 2.62. The van der Waals surface area contributed by atoms with Crippen molar-refractivity contribution < 1.29 is 4.79 Å². The number of para-hydroxylation sites is 3. The first-order valence-corrected chi connectivity index (χ1v) is 8.85. The molecule has 0 aliphatic carbocycles. The predicted octanol–water partition coefficient (Wildman–Crippen LogP) is 3.78. The summed E-state index contributed by atoms with van der Waals surface area (Å²) in [4.78, 5) is 17.1. The molecule has 4 rings (SSSR count). The van der Waals surface area contributed by atoms with E-state index in [1.165, 1.54) is 0 Å². The Morgan fingerprint density at radius 3 is 2.69 bits per heavy atom. The van der Waals surface area contributed by atoms with Crippen LogP contribution in [0.1, 0.15) is 19.3 Å². The summed E-state index contributed by atoms with van der Waals surface area (Å²) in [5.74, 6) is 1.22. The first-order chi connectivity index (χ1) is 12.3. The normalized spacial score (nSPS) is 16.4. The number of anilines is 1. The number of hydrogen-bond donors (Lipinski definition) is 2. The molecule has 1 aliphatic heterocycles. The van der Waals surface area contributed by atoms with Crippen LogP contribution in [0.4, 0.5) is 5.95 Å². The number of imidazole rings is 1. The minimum absolute atomic E-state index is 0. The summed E-state index contributed by atoms with van der Waals surface area (Å²) in [5.41, 5.74) is 2.86. The Labute approximate surface area is 159 Å². The van der Waals surface area contributed by atoms with Crippen molar-refractivity contribution in [1.29, 1.82) is 0 Å². The predicted molar refractivity (Wildman–Crippen MR) is 107 cm³/mol. The topological polar surface area (TPSA) is 59.0 Å². The largest absolute Gasteiger partial charge is 0.316 e. The van der Waals surface area contributed by atoms with Crippen LogP contribution < -0.4 is 10.6 Å². The van der Waals surface area contributed by atoms with Crippen LogP contribution in [0.3, 0.4) is 0 Å². The van der Waals surface area contributed by atoms with Gasteiger partial charge in [-0.3, -0.25) is 14.7 Å². The van der Waals surface area contributed by atoms with Gasteiger partial charge in [0, 0.05) is 12.1 Å². The quantitative estimate of drug-likeness (QED) is 0.718. The summed E-state index contributed by atoms with van der Waals surface area (Å²) in [5, 5.41) is 6.36. The van der Waals surface area contributed by atoms with Gasteiger partial charge in [-0.15, -0.1) is 12.4 Å². The summed E-state index contributed by atoms with van der Waals surface area (Å²) in [7, 11) is 0. The zero-order chi connectivity index (χ0) is 17.1. The molecule has 6 heteroatoms. The Kier molecular flexibility index (Phi) is 5.91. The molecule has 0 bridgehead atoms.